The van der Waals surface area contributed by atoms with Gasteiger partial charge in [0.05, 0.1) is 12.5 Å². The smallest absolute Gasteiger partial charge is 0.306 e. The Balaban J connectivity index is 2.29. The highest BCUT2D eigenvalue weighted by molar-refractivity contribution is 5.69. The summed E-state index contributed by atoms with van der Waals surface area (Å²) in [5.41, 5.74) is 1.86. The first kappa shape index (κ1) is 16.2. The van der Waals surface area contributed by atoms with E-state index < -0.39 is 0 Å². The molecule has 0 radical (unpaired) electrons. The van der Waals surface area contributed by atoms with E-state index in [2.05, 4.69) is 13.0 Å². The van der Waals surface area contributed by atoms with Crippen LogP contribution >= 0.6 is 0 Å². The van der Waals surface area contributed by atoms with Crippen LogP contribution < -0.4 is 0 Å². The van der Waals surface area contributed by atoms with Crippen molar-refractivity contribution in [3.05, 3.63) is 35.4 Å². The number of rotatable bonds is 9. The summed E-state index contributed by atoms with van der Waals surface area (Å²) in [5, 5.41) is 8.75. The first-order chi connectivity index (χ1) is 9.77. The quantitative estimate of drug-likeness (QED) is 0.501. The van der Waals surface area contributed by atoms with Gasteiger partial charge in [-0.25, -0.2) is 0 Å². The molecule has 0 saturated carbocycles. The van der Waals surface area contributed by atoms with Gasteiger partial charge in [0.1, 0.15) is 6.61 Å². The van der Waals surface area contributed by atoms with Crippen LogP contribution in [-0.2, 0) is 22.6 Å². The van der Waals surface area contributed by atoms with E-state index >= 15 is 0 Å². The van der Waals surface area contributed by atoms with Gasteiger partial charge in [0.2, 0.25) is 0 Å². The highest BCUT2D eigenvalue weighted by Crippen LogP contribution is 2.12. The van der Waals surface area contributed by atoms with Crippen molar-refractivity contribution in [2.75, 3.05) is 0 Å². The van der Waals surface area contributed by atoms with E-state index in [4.69, 9.17) is 10.00 Å². The zero-order valence-corrected chi connectivity index (χ0v) is 12.2. The Morgan fingerprint density at radius 1 is 1.15 bits per heavy atom. The number of esters is 1. The molecule has 0 aromatic heterocycles. The summed E-state index contributed by atoms with van der Waals surface area (Å²) >= 11 is 0. The summed E-state index contributed by atoms with van der Waals surface area (Å²) in [6, 6.07) is 9.72. The summed E-state index contributed by atoms with van der Waals surface area (Å²) in [6.45, 7) is 2.44. The molecule has 0 bridgehead atoms. The van der Waals surface area contributed by atoms with Crippen LogP contribution in [-0.4, -0.2) is 5.97 Å². The molecular formula is C17H23NO2. The highest BCUT2D eigenvalue weighted by atomic mass is 16.5. The van der Waals surface area contributed by atoms with E-state index in [1.54, 1.807) is 0 Å². The summed E-state index contributed by atoms with van der Waals surface area (Å²) < 4.78 is 5.27. The maximum atomic E-state index is 11.6. The molecule has 0 aliphatic heterocycles. The number of nitriles is 1. The number of unbranched alkanes of at least 4 members (excludes halogenated alkanes) is 4. The van der Waals surface area contributed by atoms with Crippen molar-refractivity contribution >= 4 is 5.97 Å². The number of ether oxygens (including phenoxy) is 1. The Morgan fingerprint density at radius 3 is 2.55 bits per heavy atom. The lowest BCUT2D eigenvalue weighted by molar-refractivity contribution is -0.145. The lowest BCUT2D eigenvalue weighted by Gasteiger charge is -2.08. The SMILES string of the molecule is CCCCCCCC(=O)OCc1ccccc1CC#N. The first-order valence-corrected chi connectivity index (χ1v) is 7.37. The lowest BCUT2D eigenvalue weighted by atomic mass is 10.1. The Kier molecular flexibility index (Phi) is 8.14. The molecule has 1 aromatic rings. The number of hydrogen-bond donors (Lipinski definition) is 0. The Bertz CT molecular complexity index is 449. The van der Waals surface area contributed by atoms with Crippen LogP contribution in [0.25, 0.3) is 0 Å². The van der Waals surface area contributed by atoms with E-state index in [9.17, 15) is 4.79 Å². The van der Waals surface area contributed by atoms with E-state index in [-0.39, 0.29) is 12.6 Å². The minimum Gasteiger partial charge on any atom is -0.461 e. The van der Waals surface area contributed by atoms with E-state index in [0.29, 0.717) is 12.8 Å². The van der Waals surface area contributed by atoms with Gasteiger partial charge in [-0.15, -0.1) is 0 Å². The summed E-state index contributed by atoms with van der Waals surface area (Å²) in [5.74, 6) is -0.145. The van der Waals surface area contributed by atoms with Crippen molar-refractivity contribution in [1.29, 1.82) is 5.26 Å². The fraction of sp³-hybridized carbons (Fsp3) is 0.529. The molecule has 0 N–H and O–H groups in total. The van der Waals surface area contributed by atoms with Crippen molar-refractivity contribution in [2.24, 2.45) is 0 Å². The number of carbonyl (C=O) groups excluding carboxylic acids is 1. The normalized spacial score (nSPS) is 10.0. The van der Waals surface area contributed by atoms with Crippen LogP contribution in [0.5, 0.6) is 0 Å². The molecule has 108 valence electrons. The first-order valence-electron chi connectivity index (χ1n) is 7.37. The van der Waals surface area contributed by atoms with Crippen LogP contribution in [0.1, 0.15) is 56.6 Å². The third-order valence-electron chi connectivity index (χ3n) is 3.26. The second kappa shape index (κ2) is 10.0. The molecule has 0 unspecified atom stereocenters. The molecule has 20 heavy (non-hydrogen) atoms. The van der Waals surface area contributed by atoms with Gasteiger partial charge in [0.15, 0.2) is 0 Å². The topological polar surface area (TPSA) is 50.1 Å². The molecule has 0 atom stereocenters. The van der Waals surface area contributed by atoms with E-state index in [0.717, 1.165) is 24.0 Å². The minimum absolute atomic E-state index is 0.145. The molecule has 0 spiro atoms. The highest BCUT2D eigenvalue weighted by Gasteiger charge is 2.06. The van der Waals surface area contributed by atoms with Gasteiger partial charge in [0.25, 0.3) is 0 Å². The van der Waals surface area contributed by atoms with Crippen molar-refractivity contribution in [3.63, 3.8) is 0 Å². The molecule has 0 amide bonds. The zero-order chi connectivity index (χ0) is 14.6. The molecule has 1 rings (SSSR count). The van der Waals surface area contributed by atoms with Gasteiger partial charge in [-0.05, 0) is 17.5 Å². The Labute approximate surface area is 121 Å². The Morgan fingerprint density at radius 2 is 1.85 bits per heavy atom. The maximum absolute atomic E-state index is 11.6. The fourth-order valence-corrected chi connectivity index (χ4v) is 2.06. The average Bonchev–Trinajstić information content (AvgIpc) is 2.46. The molecule has 0 fully saturated rings. The largest absolute Gasteiger partial charge is 0.461 e. The van der Waals surface area contributed by atoms with E-state index in [1.165, 1.54) is 19.3 Å². The molecule has 0 aliphatic carbocycles. The second-order valence-corrected chi connectivity index (χ2v) is 4.93. The molecule has 0 heterocycles. The molecule has 3 heteroatoms. The van der Waals surface area contributed by atoms with Gasteiger partial charge in [-0.3, -0.25) is 4.79 Å². The third-order valence-corrected chi connectivity index (χ3v) is 3.26. The number of nitrogens with zero attached hydrogens (tertiary/aromatic N) is 1. The average molecular weight is 273 g/mol. The number of hydrogen-bond acceptors (Lipinski definition) is 3. The molecule has 3 nitrogen and oxygen atoms in total. The molecule has 0 saturated heterocycles. The summed E-state index contributed by atoms with van der Waals surface area (Å²) in [7, 11) is 0. The van der Waals surface area contributed by atoms with Crippen LogP contribution in [0, 0.1) is 11.3 Å². The number of carbonyl (C=O) groups is 1. The summed E-state index contributed by atoms with van der Waals surface area (Å²) in [4.78, 5) is 11.6. The van der Waals surface area contributed by atoms with Crippen LogP contribution in [0.4, 0.5) is 0 Å². The predicted molar refractivity (Wildman–Crippen MR) is 78.9 cm³/mol. The Hall–Kier alpha value is -1.82. The van der Waals surface area contributed by atoms with Gasteiger partial charge >= 0.3 is 5.97 Å². The van der Waals surface area contributed by atoms with Crippen LogP contribution in [0.15, 0.2) is 24.3 Å². The second-order valence-electron chi connectivity index (χ2n) is 4.93. The minimum atomic E-state index is -0.145. The predicted octanol–water partition coefficient (Wildman–Crippen LogP) is 4.16. The van der Waals surface area contributed by atoms with Gasteiger partial charge in [-0.2, -0.15) is 5.26 Å². The maximum Gasteiger partial charge on any atom is 0.306 e. The number of benzene rings is 1. The van der Waals surface area contributed by atoms with Crippen LogP contribution in [0.2, 0.25) is 0 Å². The van der Waals surface area contributed by atoms with Gasteiger partial charge in [0, 0.05) is 6.42 Å². The molecule has 0 aliphatic rings. The van der Waals surface area contributed by atoms with Crippen molar-refractivity contribution < 1.29 is 9.53 Å². The molecule has 1 aromatic carbocycles. The van der Waals surface area contributed by atoms with Crippen molar-refractivity contribution in [1.82, 2.24) is 0 Å². The van der Waals surface area contributed by atoms with E-state index in [1.807, 2.05) is 24.3 Å². The van der Waals surface area contributed by atoms with Crippen molar-refractivity contribution in [3.8, 4) is 6.07 Å². The molecular weight excluding hydrogens is 250 g/mol. The fourth-order valence-electron chi connectivity index (χ4n) is 2.06. The van der Waals surface area contributed by atoms with Crippen molar-refractivity contribution in [2.45, 2.75) is 58.5 Å². The van der Waals surface area contributed by atoms with Gasteiger partial charge in [-0.1, -0.05) is 56.9 Å². The van der Waals surface area contributed by atoms with Crippen LogP contribution in [0.3, 0.4) is 0 Å². The lowest BCUT2D eigenvalue weighted by Crippen LogP contribution is -2.05. The standard InChI is InChI=1S/C17H23NO2/c1-2-3-4-5-6-11-17(19)20-14-16-10-8-7-9-15(16)12-13-18/h7-10H,2-6,11-12,14H2,1H3. The monoisotopic (exact) mass is 273 g/mol. The summed E-state index contributed by atoms with van der Waals surface area (Å²) in [6.07, 6.45) is 6.47. The third kappa shape index (κ3) is 6.38. The zero-order valence-electron chi connectivity index (χ0n) is 12.2. The van der Waals surface area contributed by atoms with Gasteiger partial charge < -0.3 is 4.74 Å².